The average molecular weight is 269 g/mol. The zero-order valence-corrected chi connectivity index (χ0v) is 11.6. The topological polar surface area (TPSA) is 70.9 Å². The Labute approximate surface area is 116 Å². The second kappa shape index (κ2) is 4.52. The van der Waals surface area contributed by atoms with Crippen molar-refractivity contribution in [2.45, 2.75) is 20.8 Å². The molecule has 0 aliphatic rings. The average Bonchev–Trinajstić information content (AvgIpc) is 2.94. The van der Waals surface area contributed by atoms with E-state index in [-0.39, 0.29) is 5.91 Å². The molecule has 1 amide bonds. The first-order valence-electron chi connectivity index (χ1n) is 6.37. The van der Waals surface area contributed by atoms with Gasteiger partial charge in [0.05, 0.1) is 17.3 Å². The first-order chi connectivity index (χ1) is 9.56. The number of rotatable bonds is 2. The highest BCUT2D eigenvalue weighted by molar-refractivity contribution is 6.06. The number of nitrogens with one attached hydrogen (secondary N) is 2. The largest absolute Gasteiger partial charge is 0.466 e. The van der Waals surface area contributed by atoms with E-state index in [2.05, 4.69) is 15.5 Å². The minimum atomic E-state index is -0.153. The number of furan rings is 1. The molecular formula is C15H15N3O2. The first kappa shape index (κ1) is 12.5. The summed E-state index contributed by atoms with van der Waals surface area (Å²) in [6.07, 6.45) is 1.73. The van der Waals surface area contributed by atoms with Crippen LogP contribution in [0.15, 0.2) is 28.8 Å². The van der Waals surface area contributed by atoms with Crippen LogP contribution in [-0.4, -0.2) is 16.1 Å². The Morgan fingerprint density at radius 2 is 2.05 bits per heavy atom. The molecule has 102 valence electrons. The molecule has 2 aromatic heterocycles. The molecule has 0 aliphatic carbocycles. The van der Waals surface area contributed by atoms with Crippen LogP contribution in [0.3, 0.4) is 0 Å². The lowest BCUT2D eigenvalue weighted by Crippen LogP contribution is -2.13. The van der Waals surface area contributed by atoms with Crippen LogP contribution >= 0.6 is 0 Å². The van der Waals surface area contributed by atoms with Gasteiger partial charge in [-0.25, -0.2) is 0 Å². The van der Waals surface area contributed by atoms with Crippen molar-refractivity contribution < 1.29 is 9.21 Å². The molecule has 0 fully saturated rings. The second-order valence-corrected chi connectivity index (χ2v) is 4.84. The summed E-state index contributed by atoms with van der Waals surface area (Å²) >= 11 is 0. The lowest BCUT2D eigenvalue weighted by molar-refractivity contribution is 0.102. The molecule has 1 aromatic carbocycles. The Balaban J connectivity index is 1.91. The van der Waals surface area contributed by atoms with Crippen molar-refractivity contribution in [3.05, 3.63) is 47.0 Å². The molecule has 0 saturated heterocycles. The Bertz CT molecular complexity index is 799. The van der Waals surface area contributed by atoms with Crippen LogP contribution in [0, 0.1) is 20.8 Å². The molecule has 0 saturated carbocycles. The maximum absolute atomic E-state index is 12.3. The van der Waals surface area contributed by atoms with E-state index in [9.17, 15) is 4.79 Å². The lowest BCUT2D eigenvalue weighted by Gasteiger charge is -2.05. The van der Waals surface area contributed by atoms with Gasteiger partial charge in [0, 0.05) is 16.6 Å². The van der Waals surface area contributed by atoms with E-state index in [0.717, 1.165) is 27.9 Å². The highest BCUT2D eigenvalue weighted by Crippen LogP contribution is 2.23. The minimum absolute atomic E-state index is 0.153. The summed E-state index contributed by atoms with van der Waals surface area (Å²) in [6, 6.07) is 5.61. The molecule has 5 heteroatoms. The Hall–Kier alpha value is -2.56. The molecule has 2 N–H and O–H groups in total. The minimum Gasteiger partial charge on any atom is -0.466 e. The highest BCUT2D eigenvalue weighted by atomic mass is 16.3. The molecule has 0 atom stereocenters. The number of amides is 1. The molecule has 5 nitrogen and oxygen atoms in total. The van der Waals surface area contributed by atoms with E-state index in [4.69, 9.17) is 4.42 Å². The summed E-state index contributed by atoms with van der Waals surface area (Å²) in [5.74, 6) is 1.26. The molecular weight excluding hydrogens is 254 g/mol. The van der Waals surface area contributed by atoms with Crippen LogP contribution in [0.5, 0.6) is 0 Å². The fourth-order valence-electron chi connectivity index (χ4n) is 2.34. The molecule has 0 bridgehead atoms. The number of hydrogen-bond acceptors (Lipinski definition) is 3. The SMILES string of the molecule is Cc1oc(C)c(C(=O)Nc2ccc3[nH]ncc3c2)c1C. The number of hydrogen-bond donors (Lipinski definition) is 2. The monoisotopic (exact) mass is 269 g/mol. The van der Waals surface area contributed by atoms with Gasteiger partial charge in [-0.1, -0.05) is 0 Å². The molecule has 0 radical (unpaired) electrons. The molecule has 0 aliphatic heterocycles. The van der Waals surface area contributed by atoms with Crippen LogP contribution in [0.4, 0.5) is 5.69 Å². The van der Waals surface area contributed by atoms with Crippen LogP contribution in [0.2, 0.25) is 0 Å². The van der Waals surface area contributed by atoms with Crippen molar-refractivity contribution in [1.29, 1.82) is 0 Å². The van der Waals surface area contributed by atoms with E-state index >= 15 is 0 Å². The number of aromatic nitrogens is 2. The summed E-state index contributed by atoms with van der Waals surface area (Å²) in [5.41, 5.74) is 3.16. The normalized spacial score (nSPS) is 10.9. The zero-order chi connectivity index (χ0) is 14.3. The van der Waals surface area contributed by atoms with Gasteiger partial charge >= 0.3 is 0 Å². The quantitative estimate of drug-likeness (QED) is 0.749. The van der Waals surface area contributed by atoms with Crippen molar-refractivity contribution in [2.75, 3.05) is 5.32 Å². The number of H-pyrrole nitrogens is 1. The molecule has 3 rings (SSSR count). The third kappa shape index (κ3) is 1.97. The van der Waals surface area contributed by atoms with E-state index in [1.165, 1.54) is 0 Å². The maximum Gasteiger partial charge on any atom is 0.259 e. The van der Waals surface area contributed by atoms with E-state index in [0.29, 0.717) is 11.3 Å². The standard InChI is InChI=1S/C15H15N3O2/c1-8-9(2)20-10(3)14(8)15(19)17-12-4-5-13-11(6-12)7-16-18-13/h4-7H,1-3H3,(H,16,18)(H,17,19). The van der Waals surface area contributed by atoms with Gasteiger partial charge in [-0.05, 0) is 39.0 Å². The van der Waals surface area contributed by atoms with Gasteiger partial charge in [0.1, 0.15) is 11.5 Å². The van der Waals surface area contributed by atoms with Crippen molar-refractivity contribution in [2.24, 2.45) is 0 Å². The molecule has 2 heterocycles. The van der Waals surface area contributed by atoms with Crippen molar-refractivity contribution in [3.63, 3.8) is 0 Å². The second-order valence-electron chi connectivity index (χ2n) is 4.84. The van der Waals surface area contributed by atoms with Crippen LogP contribution < -0.4 is 5.32 Å². The number of benzene rings is 1. The zero-order valence-electron chi connectivity index (χ0n) is 11.6. The fraction of sp³-hybridized carbons (Fsp3) is 0.200. The third-order valence-corrected chi connectivity index (χ3v) is 3.49. The number of anilines is 1. The van der Waals surface area contributed by atoms with Gasteiger partial charge in [-0.15, -0.1) is 0 Å². The van der Waals surface area contributed by atoms with Gasteiger partial charge in [-0.3, -0.25) is 9.89 Å². The van der Waals surface area contributed by atoms with Gasteiger partial charge in [0.2, 0.25) is 0 Å². The number of nitrogens with zero attached hydrogens (tertiary/aromatic N) is 1. The first-order valence-corrected chi connectivity index (χ1v) is 6.37. The number of aryl methyl sites for hydroxylation is 2. The summed E-state index contributed by atoms with van der Waals surface area (Å²) in [4.78, 5) is 12.3. The Morgan fingerprint density at radius 3 is 2.75 bits per heavy atom. The Morgan fingerprint density at radius 1 is 1.25 bits per heavy atom. The molecule has 3 aromatic rings. The summed E-state index contributed by atoms with van der Waals surface area (Å²) in [6.45, 7) is 5.55. The summed E-state index contributed by atoms with van der Waals surface area (Å²) in [5, 5.41) is 10.7. The number of fused-ring (bicyclic) bond motifs is 1. The number of aromatic amines is 1. The van der Waals surface area contributed by atoms with E-state index in [1.807, 2.05) is 32.0 Å². The van der Waals surface area contributed by atoms with Gasteiger partial charge in [-0.2, -0.15) is 5.10 Å². The maximum atomic E-state index is 12.3. The van der Waals surface area contributed by atoms with Crippen LogP contribution in [0.25, 0.3) is 10.9 Å². The van der Waals surface area contributed by atoms with Crippen LogP contribution in [-0.2, 0) is 0 Å². The van der Waals surface area contributed by atoms with Gasteiger partial charge < -0.3 is 9.73 Å². The van der Waals surface area contributed by atoms with Gasteiger partial charge in [0.25, 0.3) is 5.91 Å². The third-order valence-electron chi connectivity index (χ3n) is 3.49. The van der Waals surface area contributed by atoms with Gasteiger partial charge in [0.15, 0.2) is 0 Å². The predicted octanol–water partition coefficient (Wildman–Crippen LogP) is 3.33. The summed E-state index contributed by atoms with van der Waals surface area (Å²) < 4.78 is 5.49. The molecule has 20 heavy (non-hydrogen) atoms. The molecule has 0 unspecified atom stereocenters. The highest BCUT2D eigenvalue weighted by Gasteiger charge is 2.18. The number of carbonyl (C=O) groups is 1. The summed E-state index contributed by atoms with van der Waals surface area (Å²) in [7, 11) is 0. The lowest BCUT2D eigenvalue weighted by atomic mass is 10.1. The van der Waals surface area contributed by atoms with Crippen molar-refractivity contribution in [3.8, 4) is 0 Å². The smallest absolute Gasteiger partial charge is 0.259 e. The predicted molar refractivity (Wildman–Crippen MR) is 77.0 cm³/mol. The van der Waals surface area contributed by atoms with E-state index < -0.39 is 0 Å². The molecule has 0 spiro atoms. The van der Waals surface area contributed by atoms with E-state index in [1.54, 1.807) is 13.1 Å². The Kier molecular flexibility index (Phi) is 2.82. The number of carbonyl (C=O) groups excluding carboxylic acids is 1. The van der Waals surface area contributed by atoms with Crippen molar-refractivity contribution >= 4 is 22.5 Å². The van der Waals surface area contributed by atoms with Crippen LogP contribution in [0.1, 0.15) is 27.4 Å². The fourth-order valence-corrected chi connectivity index (χ4v) is 2.34. The van der Waals surface area contributed by atoms with Crippen molar-refractivity contribution in [1.82, 2.24) is 10.2 Å².